The minimum absolute atomic E-state index is 0.342. The quantitative estimate of drug-likeness (QED) is 0.742. The van der Waals surface area contributed by atoms with Crippen LogP contribution in [0.2, 0.25) is 0 Å². The average molecular weight is 210 g/mol. The van der Waals surface area contributed by atoms with Crippen LogP contribution >= 0.6 is 11.8 Å². The minimum Gasteiger partial charge on any atom is -0.396 e. The largest absolute Gasteiger partial charge is 0.396 e. The molecule has 2 heterocycles. The van der Waals surface area contributed by atoms with Gasteiger partial charge in [-0.25, -0.2) is 9.97 Å². The van der Waals surface area contributed by atoms with E-state index in [0.29, 0.717) is 11.7 Å². The van der Waals surface area contributed by atoms with E-state index in [9.17, 15) is 0 Å². The molecule has 4 nitrogen and oxygen atoms in total. The van der Waals surface area contributed by atoms with Crippen LogP contribution in [0.4, 0.5) is 5.69 Å². The molecule has 1 unspecified atom stereocenters. The van der Waals surface area contributed by atoms with Crippen LogP contribution in [0.5, 0.6) is 0 Å². The summed E-state index contributed by atoms with van der Waals surface area (Å²) in [5.74, 6) is 3.15. The maximum absolute atomic E-state index is 5.55. The van der Waals surface area contributed by atoms with Crippen molar-refractivity contribution in [3.8, 4) is 0 Å². The van der Waals surface area contributed by atoms with Gasteiger partial charge in [0, 0.05) is 18.1 Å². The average Bonchev–Trinajstić information content (AvgIpc) is 2.20. The van der Waals surface area contributed by atoms with Crippen LogP contribution in [0.1, 0.15) is 11.9 Å². The van der Waals surface area contributed by atoms with Gasteiger partial charge in [0.2, 0.25) is 0 Å². The van der Waals surface area contributed by atoms with E-state index in [1.165, 1.54) is 5.75 Å². The van der Waals surface area contributed by atoms with Crippen molar-refractivity contribution in [3.05, 3.63) is 18.2 Å². The van der Waals surface area contributed by atoms with E-state index in [-0.39, 0.29) is 0 Å². The van der Waals surface area contributed by atoms with Crippen LogP contribution in [0.15, 0.2) is 12.4 Å². The Bertz CT molecular complexity index is 300. The Labute approximate surface area is 87.9 Å². The zero-order chi connectivity index (χ0) is 9.97. The highest BCUT2D eigenvalue weighted by Gasteiger charge is 2.22. The zero-order valence-corrected chi connectivity index (χ0v) is 9.00. The zero-order valence-electron chi connectivity index (χ0n) is 8.18. The molecule has 0 amide bonds. The predicted octanol–water partition coefficient (Wildman–Crippen LogP) is 0.779. The molecule has 2 rings (SSSR count). The van der Waals surface area contributed by atoms with Crippen LogP contribution < -0.4 is 5.73 Å². The highest BCUT2D eigenvalue weighted by atomic mass is 32.2. The molecular weight excluding hydrogens is 196 g/mol. The molecule has 1 atom stereocenters. The summed E-state index contributed by atoms with van der Waals surface area (Å²) < 4.78 is 0. The molecule has 1 aliphatic heterocycles. The van der Waals surface area contributed by atoms with Crippen molar-refractivity contribution in [2.75, 3.05) is 30.8 Å². The van der Waals surface area contributed by atoms with E-state index in [2.05, 4.69) is 21.9 Å². The van der Waals surface area contributed by atoms with E-state index >= 15 is 0 Å². The Morgan fingerprint density at radius 1 is 1.50 bits per heavy atom. The molecule has 1 aliphatic rings. The molecule has 1 aromatic rings. The number of aromatic nitrogens is 2. The van der Waals surface area contributed by atoms with Gasteiger partial charge in [-0.2, -0.15) is 11.8 Å². The molecule has 0 aliphatic carbocycles. The first-order valence-corrected chi connectivity index (χ1v) is 5.78. The van der Waals surface area contributed by atoms with Gasteiger partial charge in [0.05, 0.1) is 24.1 Å². The van der Waals surface area contributed by atoms with Gasteiger partial charge in [0.15, 0.2) is 0 Å². The summed E-state index contributed by atoms with van der Waals surface area (Å²) in [7, 11) is 2.12. The Kier molecular flexibility index (Phi) is 2.88. The number of hydrogen-bond donors (Lipinski definition) is 1. The second kappa shape index (κ2) is 4.14. The molecule has 0 saturated carbocycles. The van der Waals surface area contributed by atoms with Gasteiger partial charge in [-0.1, -0.05) is 0 Å². The van der Waals surface area contributed by atoms with Crippen molar-refractivity contribution in [3.63, 3.8) is 0 Å². The lowest BCUT2D eigenvalue weighted by atomic mass is 10.2. The molecule has 5 heteroatoms. The van der Waals surface area contributed by atoms with E-state index in [4.69, 9.17) is 5.73 Å². The fraction of sp³-hybridized carbons (Fsp3) is 0.556. The lowest BCUT2D eigenvalue weighted by Gasteiger charge is -2.30. The maximum atomic E-state index is 5.55. The molecule has 0 spiro atoms. The molecule has 76 valence electrons. The number of nitrogens with zero attached hydrogens (tertiary/aromatic N) is 3. The number of nitrogens with two attached hydrogens (primary N) is 1. The summed E-state index contributed by atoms with van der Waals surface area (Å²) in [5.41, 5.74) is 6.17. The number of nitrogen functional groups attached to an aromatic ring is 1. The maximum Gasteiger partial charge on any atom is 0.146 e. The molecular formula is C9H14N4S. The van der Waals surface area contributed by atoms with Gasteiger partial charge in [0.1, 0.15) is 5.82 Å². The number of anilines is 1. The minimum atomic E-state index is 0.342. The number of hydrogen-bond acceptors (Lipinski definition) is 5. The van der Waals surface area contributed by atoms with Crippen molar-refractivity contribution in [1.82, 2.24) is 14.9 Å². The van der Waals surface area contributed by atoms with Crippen molar-refractivity contribution < 1.29 is 0 Å². The Hall–Kier alpha value is -0.810. The lowest BCUT2D eigenvalue weighted by molar-refractivity contribution is 0.264. The number of thioether (sulfide) groups is 1. The van der Waals surface area contributed by atoms with Crippen molar-refractivity contribution in [2.45, 2.75) is 6.04 Å². The van der Waals surface area contributed by atoms with Crippen LogP contribution in [0, 0.1) is 0 Å². The molecule has 0 bridgehead atoms. The second-order valence-electron chi connectivity index (χ2n) is 3.45. The summed E-state index contributed by atoms with van der Waals surface area (Å²) in [6.45, 7) is 1.10. The van der Waals surface area contributed by atoms with Crippen molar-refractivity contribution >= 4 is 17.4 Å². The monoisotopic (exact) mass is 210 g/mol. The fourth-order valence-corrected chi connectivity index (χ4v) is 2.69. The van der Waals surface area contributed by atoms with Crippen LogP contribution in [0.25, 0.3) is 0 Å². The predicted molar refractivity (Wildman–Crippen MR) is 59.1 cm³/mol. The third-order valence-electron chi connectivity index (χ3n) is 2.39. The van der Waals surface area contributed by atoms with Gasteiger partial charge >= 0.3 is 0 Å². The molecule has 1 fully saturated rings. The summed E-state index contributed by atoms with van der Waals surface area (Å²) in [5, 5.41) is 0. The van der Waals surface area contributed by atoms with Gasteiger partial charge < -0.3 is 5.73 Å². The Balaban J connectivity index is 2.16. The second-order valence-corrected chi connectivity index (χ2v) is 4.60. The van der Waals surface area contributed by atoms with Gasteiger partial charge in [-0.05, 0) is 7.05 Å². The van der Waals surface area contributed by atoms with Crippen LogP contribution in [-0.4, -0.2) is 40.0 Å². The van der Waals surface area contributed by atoms with Gasteiger partial charge in [-0.15, -0.1) is 0 Å². The standard InChI is InChI=1S/C9H14N4S/c1-13-2-3-14-6-8(13)9-11-4-7(10)5-12-9/h4-5,8H,2-3,6,10H2,1H3. The molecule has 2 N–H and O–H groups in total. The lowest BCUT2D eigenvalue weighted by Crippen LogP contribution is -2.33. The molecule has 14 heavy (non-hydrogen) atoms. The van der Waals surface area contributed by atoms with E-state index in [0.717, 1.165) is 18.1 Å². The molecule has 0 radical (unpaired) electrons. The highest BCUT2D eigenvalue weighted by molar-refractivity contribution is 7.99. The van der Waals surface area contributed by atoms with E-state index in [1.54, 1.807) is 12.4 Å². The van der Waals surface area contributed by atoms with Crippen LogP contribution in [0.3, 0.4) is 0 Å². The van der Waals surface area contributed by atoms with Crippen molar-refractivity contribution in [1.29, 1.82) is 0 Å². The summed E-state index contributed by atoms with van der Waals surface area (Å²) in [6.07, 6.45) is 3.35. The first-order chi connectivity index (χ1) is 6.77. The first kappa shape index (κ1) is 9.73. The van der Waals surface area contributed by atoms with Crippen molar-refractivity contribution in [2.24, 2.45) is 0 Å². The van der Waals surface area contributed by atoms with Gasteiger partial charge in [0.25, 0.3) is 0 Å². The third kappa shape index (κ3) is 1.99. The fourth-order valence-electron chi connectivity index (χ4n) is 1.48. The van der Waals surface area contributed by atoms with E-state index < -0.39 is 0 Å². The Morgan fingerprint density at radius 3 is 2.86 bits per heavy atom. The smallest absolute Gasteiger partial charge is 0.146 e. The molecule has 1 aromatic heterocycles. The number of rotatable bonds is 1. The summed E-state index contributed by atoms with van der Waals surface area (Å²) >= 11 is 1.95. The van der Waals surface area contributed by atoms with Gasteiger partial charge in [-0.3, -0.25) is 4.90 Å². The van der Waals surface area contributed by atoms with Crippen LogP contribution in [-0.2, 0) is 0 Å². The van der Waals surface area contributed by atoms with E-state index in [1.807, 2.05) is 11.8 Å². The third-order valence-corrected chi connectivity index (χ3v) is 3.41. The summed E-state index contributed by atoms with van der Waals surface area (Å²) in [4.78, 5) is 10.8. The Morgan fingerprint density at radius 2 is 2.21 bits per heavy atom. The normalized spacial score (nSPS) is 23.6. The molecule has 0 aromatic carbocycles. The highest BCUT2D eigenvalue weighted by Crippen LogP contribution is 2.25. The SMILES string of the molecule is CN1CCSCC1c1ncc(N)cn1. The topological polar surface area (TPSA) is 55.0 Å². The summed E-state index contributed by atoms with van der Waals surface area (Å²) in [6, 6.07) is 0.342. The molecule has 1 saturated heterocycles. The first-order valence-electron chi connectivity index (χ1n) is 4.63.